The van der Waals surface area contributed by atoms with E-state index >= 15 is 0 Å². The molecule has 0 atom stereocenters. The van der Waals surface area contributed by atoms with Crippen molar-refractivity contribution >= 4 is 34.3 Å². The number of likely N-dealkylation sites (N-methyl/N-ethyl adjacent to an activating group) is 1. The lowest BCUT2D eigenvalue weighted by atomic mass is 9.93. The lowest BCUT2D eigenvalue weighted by molar-refractivity contribution is -0.111. The summed E-state index contributed by atoms with van der Waals surface area (Å²) >= 11 is 0. The van der Waals surface area contributed by atoms with Crippen LogP contribution < -0.4 is 16.0 Å². The molecule has 0 saturated heterocycles. The fourth-order valence-electron chi connectivity index (χ4n) is 4.49. The van der Waals surface area contributed by atoms with Gasteiger partial charge in [0.2, 0.25) is 5.91 Å². The first kappa shape index (κ1) is 27.6. The Morgan fingerprint density at radius 3 is 2.49 bits per heavy atom. The number of carbonyl (C=O) groups is 2. The number of nitrogens with one attached hydrogen (secondary N) is 4. The Balaban J connectivity index is 1.91. The molecule has 8 heteroatoms. The van der Waals surface area contributed by atoms with Crippen molar-refractivity contribution in [3.05, 3.63) is 78.0 Å². The number of pyridine rings is 1. The smallest absolute Gasteiger partial charge is 0.339 e. The summed E-state index contributed by atoms with van der Waals surface area (Å²) in [6.45, 7) is 12.9. The molecule has 39 heavy (non-hydrogen) atoms. The van der Waals surface area contributed by atoms with E-state index in [1.807, 2.05) is 77.2 Å². The average Bonchev–Trinajstić information content (AvgIpc) is 3.28. The molecule has 0 spiro atoms. The molecule has 0 saturated carbocycles. The van der Waals surface area contributed by atoms with Crippen LogP contribution in [0.15, 0.2) is 61.3 Å². The number of esters is 1. The van der Waals surface area contributed by atoms with Crippen LogP contribution in [-0.4, -0.2) is 48.1 Å². The maximum Gasteiger partial charge on any atom is 0.339 e. The molecule has 0 aliphatic heterocycles. The third-order valence-electron chi connectivity index (χ3n) is 6.39. The van der Waals surface area contributed by atoms with Gasteiger partial charge in [-0.3, -0.25) is 4.79 Å². The highest BCUT2D eigenvalue weighted by Gasteiger charge is 2.21. The van der Waals surface area contributed by atoms with Crippen LogP contribution in [0, 0.1) is 13.8 Å². The Morgan fingerprint density at radius 1 is 1.08 bits per heavy atom. The maximum atomic E-state index is 12.7. The second-order valence-corrected chi connectivity index (χ2v) is 9.73. The van der Waals surface area contributed by atoms with Crippen LogP contribution in [0.3, 0.4) is 0 Å². The van der Waals surface area contributed by atoms with E-state index in [0.29, 0.717) is 16.9 Å². The molecule has 0 bridgehead atoms. The molecule has 0 fully saturated rings. The first-order valence-electron chi connectivity index (χ1n) is 13.0. The fraction of sp³-hybridized carbons (Fsp3) is 0.258. The summed E-state index contributed by atoms with van der Waals surface area (Å²) in [7, 11) is 1.92. The van der Waals surface area contributed by atoms with E-state index in [1.165, 1.54) is 12.3 Å². The molecule has 2 aromatic heterocycles. The Hall–Kier alpha value is -4.43. The zero-order valence-corrected chi connectivity index (χ0v) is 23.1. The van der Waals surface area contributed by atoms with Gasteiger partial charge in [0.05, 0.1) is 17.4 Å². The number of aryl methyl sites for hydroxylation is 2. The fourth-order valence-corrected chi connectivity index (χ4v) is 4.49. The monoisotopic (exact) mass is 525 g/mol. The number of nitrogens with zero attached hydrogens (tertiary/aromatic N) is 1. The molecule has 2 heterocycles. The van der Waals surface area contributed by atoms with Crippen LogP contribution in [-0.2, 0) is 9.53 Å². The van der Waals surface area contributed by atoms with Crippen LogP contribution in [0.5, 0.6) is 0 Å². The molecular formula is C31H35N5O3. The van der Waals surface area contributed by atoms with Crippen LogP contribution in [0.25, 0.3) is 33.4 Å². The van der Waals surface area contributed by atoms with Crippen LogP contribution in [0.1, 0.15) is 35.3 Å². The Morgan fingerprint density at radius 2 is 1.82 bits per heavy atom. The Labute approximate surface area is 228 Å². The number of hydrogen-bond acceptors (Lipinski definition) is 6. The number of aromatic amines is 1. The van der Waals surface area contributed by atoms with E-state index < -0.39 is 5.97 Å². The van der Waals surface area contributed by atoms with Gasteiger partial charge in [-0.2, -0.15) is 0 Å². The van der Waals surface area contributed by atoms with Gasteiger partial charge < -0.3 is 25.7 Å². The summed E-state index contributed by atoms with van der Waals surface area (Å²) in [5.74, 6) is -0.710. The number of fused-ring (bicyclic) bond motifs is 1. The van der Waals surface area contributed by atoms with Crippen LogP contribution >= 0.6 is 0 Å². The van der Waals surface area contributed by atoms with E-state index in [4.69, 9.17) is 4.74 Å². The molecule has 0 aliphatic carbocycles. The lowest BCUT2D eigenvalue weighted by Crippen LogP contribution is -2.17. The van der Waals surface area contributed by atoms with Crippen LogP contribution in [0.2, 0.25) is 0 Å². The first-order valence-corrected chi connectivity index (χ1v) is 13.0. The number of benzene rings is 2. The molecule has 4 aromatic rings. The zero-order valence-electron chi connectivity index (χ0n) is 23.1. The van der Waals surface area contributed by atoms with Crippen molar-refractivity contribution in [2.45, 2.75) is 33.8 Å². The van der Waals surface area contributed by atoms with E-state index in [2.05, 4.69) is 32.5 Å². The second-order valence-electron chi connectivity index (χ2n) is 9.73. The van der Waals surface area contributed by atoms with E-state index in [9.17, 15) is 9.59 Å². The van der Waals surface area contributed by atoms with Crippen molar-refractivity contribution in [3.8, 4) is 22.4 Å². The third-order valence-corrected chi connectivity index (χ3v) is 6.39. The van der Waals surface area contributed by atoms with E-state index in [-0.39, 0.29) is 12.0 Å². The molecule has 4 rings (SSSR count). The number of amides is 1. The van der Waals surface area contributed by atoms with Gasteiger partial charge >= 0.3 is 5.97 Å². The minimum atomic E-state index is -0.426. The summed E-state index contributed by atoms with van der Waals surface area (Å²) in [5.41, 5.74) is 8.30. The van der Waals surface area contributed by atoms with Crippen molar-refractivity contribution in [1.82, 2.24) is 15.3 Å². The number of H-pyrrole nitrogens is 1. The van der Waals surface area contributed by atoms with Gasteiger partial charge in [0.15, 0.2) is 0 Å². The highest BCUT2D eigenvalue weighted by atomic mass is 16.5. The molecule has 2 aromatic carbocycles. The minimum Gasteiger partial charge on any atom is -0.459 e. The predicted octanol–water partition coefficient (Wildman–Crippen LogP) is 5.83. The van der Waals surface area contributed by atoms with Gasteiger partial charge in [0, 0.05) is 41.6 Å². The topological polar surface area (TPSA) is 108 Å². The van der Waals surface area contributed by atoms with Crippen molar-refractivity contribution in [2.75, 3.05) is 30.8 Å². The van der Waals surface area contributed by atoms with Crippen molar-refractivity contribution < 1.29 is 14.3 Å². The Bertz CT molecular complexity index is 1520. The number of hydrogen-bond donors (Lipinski definition) is 4. The average molecular weight is 526 g/mol. The van der Waals surface area contributed by atoms with Gasteiger partial charge in [-0.25, -0.2) is 9.78 Å². The summed E-state index contributed by atoms with van der Waals surface area (Å²) in [6, 6.07) is 14.0. The highest BCUT2D eigenvalue weighted by Crippen LogP contribution is 2.41. The first-order chi connectivity index (χ1) is 18.7. The molecule has 0 aliphatic rings. The molecule has 1 amide bonds. The number of aromatic nitrogens is 2. The number of carbonyl (C=O) groups excluding carboxylic acids is 2. The summed E-state index contributed by atoms with van der Waals surface area (Å²) < 4.78 is 5.43. The summed E-state index contributed by atoms with van der Waals surface area (Å²) in [5, 5.41) is 10.2. The quantitative estimate of drug-likeness (QED) is 0.118. The van der Waals surface area contributed by atoms with Gasteiger partial charge in [0.1, 0.15) is 5.65 Å². The zero-order chi connectivity index (χ0) is 28.1. The molecular weight excluding hydrogens is 490 g/mol. The molecule has 8 nitrogen and oxygen atoms in total. The molecule has 0 unspecified atom stereocenters. The number of anilines is 2. The van der Waals surface area contributed by atoms with Gasteiger partial charge in [-0.05, 0) is 87.3 Å². The van der Waals surface area contributed by atoms with E-state index in [1.54, 1.807) is 0 Å². The largest absolute Gasteiger partial charge is 0.459 e. The van der Waals surface area contributed by atoms with Gasteiger partial charge in [0.25, 0.3) is 0 Å². The normalized spacial score (nSPS) is 11.0. The third kappa shape index (κ3) is 6.18. The molecule has 0 radical (unpaired) electrons. The number of ether oxygens (including phenoxy) is 1. The van der Waals surface area contributed by atoms with Gasteiger partial charge in [-0.15, -0.1) is 0 Å². The van der Waals surface area contributed by atoms with Gasteiger partial charge in [-0.1, -0.05) is 24.8 Å². The highest BCUT2D eigenvalue weighted by molar-refractivity contribution is 6.07. The Kier molecular flexibility index (Phi) is 8.46. The SMILES string of the molecule is C=CC(=O)Nc1cc(-c2c(-c3ccc(NCCNC)cc3)[nH]c3ncc(C(=O)OC(C)C)cc23)c(C)cc1C. The number of rotatable bonds is 10. The maximum absolute atomic E-state index is 12.7. The predicted molar refractivity (Wildman–Crippen MR) is 158 cm³/mol. The standard InChI is InChI=1S/C31H35N5O3/c1-7-27(37)35-26-16-24(19(4)14-20(26)5)28-25-15-22(31(38)39-18(2)3)17-34-30(25)36-29(28)21-8-10-23(11-9-21)33-13-12-32-6/h7-11,14-18,32-33H,1,12-13H2,2-6H3,(H,34,36)(H,35,37). The van der Waals surface area contributed by atoms with Crippen molar-refractivity contribution in [2.24, 2.45) is 0 Å². The minimum absolute atomic E-state index is 0.245. The summed E-state index contributed by atoms with van der Waals surface area (Å²) in [4.78, 5) is 32.9. The lowest BCUT2D eigenvalue weighted by Gasteiger charge is -2.15. The van der Waals surface area contributed by atoms with Crippen molar-refractivity contribution in [1.29, 1.82) is 0 Å². The summed E-state index contributed by atoms with van der Waals surface area (Å²) in [6.07, 6.45) is 2.53. The van der Waals surface area contributed by atoms with Crippen molar-refractivity contribution in [3.63, 3.8) is 0 Å². The molecule has 202 valence electrons. The second kappa shape index (κ2) is 12.0. The van der Waals surface area contributed by atoms with E-state index in [0.717, 1.165) is 57.7 Å². The van der Waals surface area contributed by atoms with Crippen LogP contribution in [0.4, 0.5) is 11.4 Å². The molecule has 4 N–H and O–H groups in total.